The fourth-order valence-electron chi connectivity index (χ4n) is 6.35. The molecular formula is C31H50O6Si. The highest BCUT2D eigenvalue weighted by molar-refractivity contribution is 6.74. The highest BCUT2D eigenvalue weighted by Gasteiger charge is 2.47. The van der Waals surface area contributed by atoms with Crippen LogP contribution in [0, 0.1) is 23.7 Å². The molecule has 1 aromatic rings. The van der Waals surface area contributed by atoms with Crippen molar-refractivity contribution < 1.29 is 28.5 Å². The molecule has 4 saturated carbocycles. The van der Waals surface area contributed by atoms with Crippen LogP contribution in [0.3, 0.4) is 0 Å². The Bertz CT molecular complexity index is 891. The summed E-state index contributed by atoms with van der Waals surface area (Å²) in [6.45, 7) is 14.9. The normalized spacial score (nSPS) is 24.6. The number of aliphatic hydroxyl groups excluding tert-OH is 1. The minimum absolute atomic E-state index is 0.0395. The van der Waals surface area contributed by atoms with Gasteiger partial charge in [-0.25, -0.2) is 0 Å². The van der Waals surface area contributed by atoms with E-state index in [0.29, 0.717) is 58.1 Å². The minimum Gasteiger partial charge on any atom is -0.543 e. The van der Waals surface area contributed by atoms with Crippen LogP contribution >= 0.6 is 0 Å². The second-order valence-electron chi connectivity index (χ2n) is 12.9. The third kappa shape index (κ3) is 7.63. The summed E-state index contributed by atoms with van der Waals surface area (Å²) in [7, 11) is -1.93. The Hall–Kier alpha value is -1.38. The maximum Gasteiger partial charge on any atom is 0.250 e. The maximum absolute atomic E-state index is 8.73. The van der Waals surface area contributed by atoms with Crippen LogP contribution in [0.15, 0.2) is 29.8 Å². The molecule has 6 nitrogen and oxygen atoms in total. The summed E-state index contributed by atoms with van der Waals surface area (Å²) < 4.78 is 29.8. The largest absolute Gasteiger partial charge is 0.543 e. The molecule has 0 heterocycles. The van der Waals surface area contributed by atoms with Crippen LogP contribution in [0.4, 0.5) is 0 Å². The van der Waals surface area contributed by atoms with Crippen LogP contribution in [0.25, 0.3) is 5.76 Å². The van der Waals surface area contributed by atoms with Crippen molar-refractivity contribution in [1.29, 1.82) is 0 Å². The molecule has 0 saturated heterocycles. The Kier molecular flexibility index (Phi) is 10.4. The second-order valence-corrected chi connectivity index (χ2v) is 17.6. The molecule has 0 amide bonds. The van der Waals surface area contributed by atoms with Crippen molar-refractivity contribution in [1.82, 2.24) is 0 Å². The van der Waals surface area contributed by atoms with Gasteiger partial charge in [-0.15, -0.1) is 0 Å². The van der Waals surface area contributed by atoms with Gasteiger partial charge in [0.2, 0.25) is 8.32 Å². The molecule has 4 aliphatic carbocycles. The van der Waals surface area contributed by atoms with Crippen LogP contribution in [-0.4, -0.2) is 66.3 Å². The minimum atomic E-state index is -1.93. The van der Waals surface area contributed by atoms with E-state index in [1.165, 1.54) is 32.1 Å². The van der Waals surface area contributed by atoms with Crippen molar-refractivity contribution in [3.05, 3.63) is 35.4 Å². The molecule has 7 heteroatoms. The van der Waals surface area contributed by atoms with Gasteiger partial charge in [-0.1, -0.05) is 32.9 Å². The lowest BCUT2D eigenvalue weighted by Crippen LogP contribution is -2.43. The van der Waals surface area contributed by atoms with Gasteiger partial charge in [-0.3, -0.25) is 0 Å². The van der Waals surface area contributed by atoms with Crippen molar-refractivity contribution in [3.8, 4) is 5.75 Å². The summed E-state index contributed by atoms with van der Waals surface area (Å²) in [6, 6.07) is 8.62. The molecule has 0 spiro atoms. The van der Waals surface area contributed by atoms with E-state index >= 15 is 0 Å². The number of ether oxygens (including phenoxy) is 4. The Balaban J connectivity index is 1.41. The summed E-state index contributed by atoms with van der Waals surface area (Å²) in [5.74, 6) is 5.18. The van der Waals surface area contributed by atoms with Gasteiger partial charge in [-0.2, -0.15) is 0 Å². The molecule has 0 aliphatic heterocycles. The molecule has 0 aromatic heterocycles. The SMILES string of the molecule is CC(C)(C)[Si](C)(C)Oc1cccc(C(OCCOCCOCCOCCO)=C2C3CC4CC(C3)CC2C4)c1. The first-order chi connectivity index (χ1) is 18.2. The van der Waals surface area contributed by atoms with E-state index in [0.717, 1.165) is 28.9 Å². The number of hydrogen-bond donors (Lipinski definition) is 1. The lowest BCUT2D eigenvalue weighted by Gasteiger charge is -2.51. The Labute approximate surface area is 231 Å². The highest BCUT2D eigenvalue weighted by Crippen LogP contribution is 2.58. The lowest BCUT2D eigenvalue weighted by atomic mass is 9.54. The zero-order chi connectivity index (χ0) is 27.2. The van der Waals surface area contributed by atoms with E-state index < -0.39 is 8.32 Å². The first-order valence-electron chi connectivity index (χ1n) is 14.7. The molecule has 4 aliphatic rings. The van der Waals surface area contributed by atoms with Crippen LogP contribution in [0.1, 0.15) is 58.4 Å². The van der Waals surface area contributed by atoms with Crippen LogP contribution in [0.2, 0.25) is 18.1 Å². The van der Waals surface area contributed by atoms with E-state index in [-0.39, 0.29) is 11.6 Å². The van der Waals surface area contributed by atoms with E-state index in [4.69, 9.17) is 28.5 Å². The van der Waals surface area contributed by atoms with Crippen LogP contribution in [0.5, 0.6) is 5.75 Å². The van der Waals surface area contributed by atoms with Gasteiger partial charge < -0.3 is 28.5 Å². The standard InChI is InChI=1S/C31H50O6Si/c1-31(2,3)38(4,5)37-28-8-6-7-25(22-28)30(29-26-18-23-17-24(20-26)21-27(29)19-23)36-16-15-35-14-13-34-12-11-33-10-9-32/h6-8,22-24,26-27,32H,9-21H2,1-5H3. The smallest absolute Gasteiger partial charge is 0.250 e. The zero-order valence-corrected chi connectivity index (χ0v) is 25.3. The van der Waals surface area contributed by atoms with Crippen molar-refractivity contribution in [3.63, 3.8) is 0 Å². The number of benzene rings is 1. The molecule has 0 unspecified atom stereocenters. The van der Waals surface area contributed by atoms with Crippen molar-refractivity contribution in [2.24, 2.45) is 23.7 Å². The zero-order valence-electron chi connectivity index (χ0n) is 24.3. The van der Waals surface area contributed by atoms with Gasteiger partial charge in [0.05, 0.1) is 46.2 Å². The highest BCUT2D eigenvalue weighted by atomic mass is 28.4. The summed E-state index contributed by atoms with van der Waals surface area (Å²) in [5, 5.41) is 8.87. The number of aliphatic hydroxyl groups is 1. The molecule has 4 fully saturated rings. The average Bonchev–Trinajstić information content (AvgIpc) is 2.84. The van der Waals surface area contributed by atoms with Crippen LogP contribution < -0.4 is 4.43 Å². The second kappa shape index (κ2) is 13.3. The van der Waals surface area contributed by atoms with Gasteiger partial charge in [0.25, 0.3) is 0 Å². The predicted octanol–water partition coefficient (Wildman–Crippen LogP) is 6.30. The van der Waals surface area contributed by atoms with E-state index in [1.54, 1.807) is 5.57 Å². The van der Waals surface area contributed by atoms with Gasteiger partial charge in [0.15, 0.2) is 0 Å². The van der Waals surface area contributed by atoms with Gasteiger partial charge in [0.1, 0.15) is 18.1 Å². The molecule has 1 N–H and O–H groups in total. The molecule has 214 valence electrons. The fraction of sp³-hybridized carbons (Fsp3) is 0.742. The maximum atomic E-state index is 8.73. The molecule has 5 rings (SSSR count). The molecular weight excluding hydrogens is 496 g/mol. The lowest BCUT2D eigenvalue weighted by molar-refractivity contribution is 0.00184. The summed E-state index contributed by atoms with van der Waals surface area (Å²) >= 11 is 0. The first-order valence-corrected chi connectivity index (χ1v) is 17.6. The third-order valence-electron chi connectivity index (χ3n) is 9.01. The van der Waals surface area contributed by atoms with Crippen LogP contribution in [-0.2, 0) is 18.9 Å². The Morgan fingerprint density at radius 2 is 1.37 bits per heavy atom. The average molecular weight is 547 g/mol. The number of allylic oxidation sites excluding steroid dienone is 1. The Morgan fingerprint density at radius 3 is 1.92 bits per heavy atom. The fourth-order valence-corrected chi connectivity index (χ4v) is 7.38. The van der Waals surface area contributed by atoms with E-state index in [9.17, 15) is 0 Å². The predicted molar refractivity (Wildman–Crippen MR) is 154 cm³/mol. The van der Waals surface area contributed by atoms with E-state index in [1.807, 2.05) is 0 Å². The van der Waals surface area contributed by atoms with Crippen molar-refractivity contribution in [2.75, 3.05) is 52.9 Å². The van der Waals surface area contributed by atoms with Gasteiger partial charge in [0, 0.05) is 5.56 Å². The number of rotatable bonds is 15. The monoisotopic (exact) mass is 546 g/mol. The molecule has 0 atom stereocenters. The molecule has 0 radical (unpaired) electrons. The topological polar surface area (TPSA) is 66.4 Å². The van der Waals surface area contributed by atoms with Crippen molar-refractivity contribution in [2.45, 2.75) is 71.0 Å². The summed E-state index contributed by atoms with van der Waals surface area (Å²) in [6.07, 6.45) is 6.74. The summed E-state index contributed by atoms with van der Waals surface area (Å²) in [5.41, 5.74) is 2.71. The molecule has 4 bridgehead atoms. The Morgan fingerprint density at radius 1 is 0.816 bits per heavy atom. The van der Waals surface area contributed by atoms with Gasteiger partial charge >= 0.3 is 0 Å². The molecule has 1 aromatic carbocycles. The van der Waals surface area contributed by atoms with Gasteiger partial charge in [-0.05, 0) is 91.6 Å². The molecule has 38 heavy (non-hydrogen) atoms. The summed E-state index contributed by atoms with van der Waals surface area (Å²) in [4.78, 5) is 0. The van der Waals surface area contributed by atoms with Crippen molar-refractivity contribution >= 4 is 14.1 Å². The quantitative estimate of drug-likeness (QED) is 0.158. The third-order valence-corrected chi connectivity index (χ3v) is 13.4. The first kappa shape index (κ1) is 29.6. The van der Waals surface area contributed by atoms with E-state index in [2.05, 4.69) is 58.1 Å². The number of hydrogen-bond acceptors (Lipinski definition) is 6.